The van der Waals surface area contributed by atoms with Crippen molar-refractivity contribution >= 4 is 29.1 Å². The first-order valence-corrected chi connectivity index (χ1v) is 8.88. The lowest BCUT2D eigenvalue weighted by molar-refractivity contribution is 0.0601. The van der Waals surface area contributed by atoms with E-state index >= 15 is 0 Å². The van der Waals surface area contributed by atoms with E-state index in [2.05, 4.69) is 15.6 Å². The van der Waals surface area contributed by atoms with Crippen LogP contribution in [0, 0.1) is 6.92 Å². The Hall–Kier alpha value is -3.87. The predicted octanol–water partition coefficient (Wildman–Crippen LogP) is 4.18. The summed E-state index contributed by atoms with van der Waals surface area (Å²) in [6, 6.07) is 15.7. The average Bonchev–Trinajstić information content (AvgIpc) is 2.74. The van der Waals surface area contributed by atoms with Gasteiger partial charge in [0.25, 0.3) is 5.91 Å². The fourth-order valence-corrected chi connectivity index (χ4v) is 2.77. The molecule has 0 saturated heterocycles. The molecule has 29 heavy (non-hydrogen) atoms. The maximum Gasteiger partial charge on any atom is 0.339 e. The second-order valence-electron chi connectivity index (χ2n) is 6.25. The second-order valence-corrected chi connectivity index (χ2v) is 6.25. The number of nitrogens with zero attached hydrogens (tertiary/aromatic N) is 1. The number of anilines is 3. The average molecular weight is 391 g/mol. The first-order valence-electron chi connectivity index (χ1n) is 8.88. The van der Waals surface area contributed by atoms with Crippen LogP contribution in [0.2, 0.25) is 0 Å². The Morgan fingerprint density at radius 2 is 1.76 bits per heavy atom. The highest BCUT2D eigenvalue weighted by molar-refractivity contribution is 6.05. The highest BCUT2D eigenvalue weighted by atomic mass is 16.5. The van der Waals surface area contributed by atoms with E-state index in [9.17, 15) is 9.59 Å². The summed E-state index contributed by atoms with van der Waals surface area (Å²) in [6.07, 6.45) is 1.52. The first-order chi connectivity index (χ1) is 14.0. The van der Waals surface area contributed by atoms with Crippen LogP contribution in [0.4, 0.5) is 17.2 Å². The maximum absolute atomic E-state index is 12.7. The SMILES string of the molecule is COC(=O)c1ccccc1Nc1cc(C(=O)Nc2cc(C)ccc2OC)ccn1. The Labute approximate surface area is 168 Å². The number of carbonyl (C=O) groups is 2. The highest BCUT2D eigenvalue weighted by Gasteiger charge is 2.14. The van der Waals surface area contributed by atoms with E-state index in [4.69, 9.17) is 9.47 Å². The summed E-state index contributed by atoms with van der Waals surface area (Å²) in [5.41, 5.74) is 2.89. The van der Waals surface area contributed by atoms with E-state index in [0.29, 0.717) is 34.1 Å². The van der Waals surface area contributed by atoms with Crippen molar-refractivity contribution in [2.24, 2.45) is 0 Å². The van der Waals surface area contributed by atoms with Crippen LogP contribution < -0.4 is 15.4 Å². The molecule has 0 spiro atoms. The first kappa shape index (κ1) is 19.9. The number of aryl methyl sites for hydroxylation is 1. The third kappa shape index (κ3) is 4.70. The molecule has 0 unspecified atom stereocenters. The van der Waals surface area contributed by atoms with E-state index in [1.54, 1.807) is 49.6 Å². The molecule has 1 amide bonds. The van der Waals surface area contributed by atoms with E-state index in [1.165, 1.54) is 13.3 Å². The molecule has 1 heterocycles. The van der Waals surface area contributed by atoms with Crippen molar-refractivity contribution in [2.45, 2.75) is 6.92 Å². The minimum Gasteiger partial charge on any atom is -0.495 e. The van der Waals surface area contributed by atoms with Crippen LogP contribution >= 0.6 is 0 Å². The summed E-state index contributed by atoms with van der Waals surface area (Å²) in [5, 5.41) is 5.92. The van der Waals surface area contributed by atoms with E-state index in [0.717, 1.165) is 5.56 Å². The van der Waals surface area contributed by atoms with Crippen molar-refractivity contribution in [3.8, 4) is 5.75 Å². The van der Waals surface area contributed by atoms with Gasteiger partial charge in [-0.25, -0.2) is 9.78 Å². The molecule has 7 heteroatoms. The summed E-state index contributed by atoms with van der Waals surface area (Å²) in [7, 11) is 2.87. The van der Waals surface area contributed by atoms with Crippen LogP contribution in [0.3, 0.4) is 0 Å². The zero-order valence-electron chi connectivity index (χ0n) is 16.4. The van der Waals surface area contributed by atoms with Crippen molar-refractivity contribution in [2.75, 3.05) is 24.9 Å². The quantitative estimate of drug-likeness (QED) is 0.613. The molecule has 0 aliphatic rings. The van der Waals surface area contributed by atoms with Crippen LogP contribution in [0.15, 0.2) is 60.8 Å². The molecule has 3 aromatic rings. The van der Waals surface area contributed by atoms with Gasteiger partial charge < -0.3 is 20.1 Å². The number of benzene rings is 2. The Kier molecular flexibility index (Phi) is 6.09. The maximum atomic E-state index is 12.7. The lowest BCUT2D eigenvalue weighted by Gasteiger charge is -2.12. The molecule has 148 valence electrons. The minimum absolute atomic E-state index is 0.305. The van der Waals surface area contributed by atoms with Gasteiger partial charge >= 0.3 is 5.97 Å². The van der Waals surface area contributed by atoms with Crippen molar-refractivity contribution in [3.63, 3.8) is 0 Å². The molecule has 7 nitrogen and oxygen atoms in total. The summed E-state index contributed by atoms with van der Waals surface area (Å²) in [6.45, 7) is 1.93. The van der Waals surface area contributed by atoms with Crippen molar-refractivity contribution in [1.82, 2.24) is 4.98 Å². The Bertz CT molecular complexity index is 1050. The van der Waals surface area contributed by atoms with Gasteiger partial charge in [-0.1, -0.05) is 18.2 Å². The fourth-order valence-electron chi connectivity index (χ4n) is 2.77. The number of aromatic nitrogens is 1. The van der Waals surface area contributed by atoms with Gasteiger partial charge in [-0.3, -0.25) is 4.79 Å². The van der Waals surface area contributed by atoms with E-state index in [1.807, 2.05) is 19.1 Å². The number of para-hydroxylation sites is 1. The summed E-state index contributed by atoms with van der Waals surface area (Å²) in [5.74, 6) is 0.225. The number of hydrogen-bond acceptors (Lipinski definition) is 6. The summed E-state index contributed by atoms with van der Waals surface area (Å²) in [4.78, 5) is 28.9. The molecular formula is C22H21N3O4. The van der Waals surface area contributed by atoms with Crippen LogP contribution in [-0.4, -0.2) is 31.1 Å². The molecular weight excluding hydrogens is 370 g/mol. The number of ether oxygens (including phenoxy) is 2. The second kappa shape index (κ2) is 8.88. The van der Waals surface area contributed by atoms with Gasteiger partial charge in [-0.15, -0.1) is 0 Å². The molecule has 0 aliphatic heterocycles. The molecule has 0 fully saturated rings. The zero-order chi connectivity index (χ0) is 20.8. The Balaban J connectivity index is 1.83. The number of nitrogens with one attached hydrogen (secondary N) is 2. The molecule has 0 radical (unpaired) electrons. The number of rotatable bonds is 6. The molecule has 2 aromatic carbocycles. The molecule has 1 aromatic heterocycles. The molecule has 0 atom stereocenters. The van der Waals surface area contributed by atoms with Crippen molar-refractivity contribution in [1.29, 1.82) is 0 Å². The number of pyridine rings is 1. The van der Waals surface area contributed by atoms with Gasteiger partial charge in [-0.05, 0) is 48.9 Å². The summed E-state index contributed by atoms with van der Waals surface area (Å²) >= 11 is 0. The van der Waals surface area contributed by atoms with Gasteiger partial charge in [0.1, 0.15) is 11.6 Å². The van der Waals surface area contributed by atoms with Gasteiger partial charge in [0, 0.05) is 11.8 Å². The highest BCUT2D eigenvalue weighted by Crippen LogP contribution is 2.26. The molecule has 0 aliphatic carbocycles. The number of carbonyl (C=O) groups excluding carboxylic acids is 2. The van der Waals surface area contributed by atoms with Gasteiger partial charge in [0.05, 0.1) is 31.2 Å². The van der Waals surface area contributed by atoms with Crippen LogP contribution in [0.25, 0.3) is 0 Å². The van der Waals surface area contributed by atoms with Crippen LogP contribution in [-0.2, 0) is 4.74 Å². The Morgan fingerprint density at radius 3 is 2.52 bits per heavy atom. The van der Waals surface area contributed by atoms with Crippen LogP contribution in [0.5, 0.6) is 5.75 Å². The third-order valence-electron chi connectivity index (χ3n) is 4.22. The zero-order valence-corrected chi connectivity index (χ0v) is 16.4. The third-order valence-corrected chi connectivity index (χ3v) is 4.22. The van der Waals surface area contributed by atoms with Crippen molar-refractivity contribution in [3.05, 3.63) is 77.5 Å². The topological polar surface area (TPSA) is 89.5 Å². The number of esters is 1. The number of hydrogen-bond donors (Lipinski definition) is 2. The minimum atomic E-state index is -0.464. The predicted molar refractivity (Wildman–Crippen MR) is 111 cm³/mol. The summed E-state index contributed by atoms with van der Waals surface area (Å²) < 4.78 is 10.1. The van der Waals surface area contributed by atoms with E-state index in [-0.39, 0.29) is 5.91 Å². The monoisotopic (exact) mass is 391 g/mol. The normalized spacial score (nSPS) is 10.2. The van der Waals surface area contributed by atoms with Gasteiger partial charge in [0.2, 0.25) is 0 Å². The number of amides is 1. The lowest BCUT2D eigenvalue weighted by atomic mass is 10.1. The van der Waals surface area contributed by atoms with E-state index < -0.39 is 5.97 Å². The Morgan fingerprint density at radius 1 is 0.966 bits per heavy atom. The number of methoxy groups -OCH3 is 2. The molecule has 0 bridgehead atoms. The fraction of sp³-hybridized carbons (Fsp3) is 0.136. The van der Waals surface area contributed by atoms with Crippen molar-refractivity contribution < 1.29 is 19.1 Å². The largest absolute Gasteiger partial charge is 0.495 e. The van der Waals surface area contributed by atoms with Gasteiger partial charge in [0.15, 0.2) is 0 Å². The lowest BCUT2D eigenvalue weighted by Crippen LogP contribution is -2.13. The smallest absolute Gasteiger partial charge is 0.339 e. The molecule has 2 N–H and O–H groups in total. The molecule has 0 saturated carbocycles. The molecule has 3 rings (SSSR count). The standard InChI is InChI=1S/C22H21N3O4/c1-14-8-9-19(28-2)18(12-14)25-21(26)15-10-11-23-20(13-15)24-17-7-5-4-6-16(17)22(27)29-3/h4-13H,1-3H3,(H,23,24)(H,25,26). The van der Waals surface area contributed by atoms with Gasteiger partial charge in [-0.2, -0.15) is 0 Å². The van der Waals surface area contributed by atoms with Crippen LogP contribution in [0.1, 0.15) is 26.3 Å².